The van der Waals surface area contributed by atoms with Gasteiger partial charge in [0.25, 0.3) is 0 Å². The van der Waals surface area contributed by atoms with Gasteiger partial charge < -0.3 is 15.5 Å². The van der Waals surface area contributed by atoms with Crippen molar-refractivity contribution in [3.8, 4) is 0 Å². The standard InChI is InChI=1S/C16H31N3/c1-13(10-17)11-18-4-6-19(7-5-18)12-16-9-14-2-3-15(16)8-14/h13-16H,2-12,17H2,1H3. The Labute approximate surface area is 118 Å². The smallest absolute Gasteiger partial charge is 0.0110 e. The number of hydrogen-bond acceptors (Lipinski definition) is 3. The average molecular weight is 265 g/mol. The van der Waals surface area contributed by atoms with Gasteiger partial charge in [-0.1, -0.05) is 13.3 Å². The third kappa shape index (κ3) is 3.32. The van der Waals surface area contributed by atoms with Gasteiger partial charge in [-0.15, -0.1) is 0 Å². The second-order valence-corrected chi connectivity index (χ2v) is 7.38. The third-order valence-electron chi connectivity index (χ3n) is 5.81. The summed E-state index contributed by atoms with van der Waals surface area (Å²) in [6.45, 7) is 10.7. The van der Waals surface area contributed by atoms with Crippen molar-refractivity contribution in [2.24, 2.45) is 29.4 Å². The van der Waals surface area contributed by atoms with Gasteiger partial charge in [0.05, 0.1) is 0 Å². The molecule has 110 valence electrons. The van der Waals surface area contributed by atoms with Crippen LogP contribution in [0.4, 0.5) is 0 Å². The SMILES string of the molecule is CC(CN)CN1CCN(CC2CC3CCC2C3)CC1. The van der Waals surface area contributed by atoms with E-state index in [9.17, 15) is 0 Å². The highest BCUT2D eigenvalue weighted by Crippen LogP contribution is 2.48. The molecule has 19 heavy (non-hydrogen) atoms. The van der Waals surface area contributed by atoms with Crippen LogP contribution in [-0.2, 0) is 0 Å². The summed E-state index contributed by atoms with van der Waals surface area (Å²) in [5.41, 5.74) is 5.72. The summed E-state index contributed by atoms with van der Waals surface area (Å²) in [4.78, 5) is 5.34. The van der Waals surface area contributed by atoms with Gasteiger partial charge in [0.2, 0.25) is 0 Å². The largest absolute Gasteiger partial charge is 0.330 e. The van der Waals surface area contributed by atoms with E-state index < -0.39 is 0 Å². The van der Waals surface area contributed by atoms with Crippen LogP contribution in [0.5, 0.6) is 0 Å². The van der Waals surface area contributed by atoms with Gasteiger partial charge in [0.15, 0.2) is 0 Å². The minimum Gasteiger partial charge on any atom is -0.330 e. The topological polar surface area (TPSA) is 32.5 Å². The van der Waals surface area contributed by atoms with Gasteiger partial charge in [-0.2, -0.15) is 0 Å². The number of hydrogen-bond donors (Lipinski definition) is 1. The van der Waals surface area contributed by atoms with Crippen LogP contribution in [0.25, 0.3) is 0 Å². The van der Waals surface area contributed by atoms with E-state index in [0.717, 1.165) is 24.3 Å². The van der Waals surface area contributed by atoms with Crippen LogP contribution in [0.3, 0.4) is 0 Å². The Morgan fingerprint density at radius 3 is 2.37 bits per heavy atom. The van der Waals surface area contributed by atoms with Crippen molar-refractivity contribution in [3.63, 3.8) is 0 Å². The van der Waals surface area contributed by atoms with Crippen LogP contribution >= 0.6 is 0 Å². The van der Waals surface area contributed by atoms with Gasteiger partial charge in [0, 0.05) is 39.3 Å². The van der Waals surface area contributed by atoms with E-state index in [4.69, 9.17) is 5.73 Å². The summed E-state index contributed by atoms with van der Waals surface area (Å²) >= 11 is 0. The fourth-order valence-corrected chi connectivity index (χ4v) is 4.60. The first-order valence-corrected chi connectivity index (χ1v) is 8.39. The van der Waals surface area contributed by atoms with E-state index in [1.165, 1.54) is 58.5 Å². The Hall–Kier alpha value is -0.120. The molecule has 4 atom stereocenters. The van der Waals surface area contributed by atoms with Gasteiger partial charge in [-0.25, -0.2) is 0 Å². The molecule has 2 bridgehead atoms. The van der Waals surface area contributed by atoms with E-state index in [-0.39, 0.29) is 0 Å². The molecule has 2 saturated carbocycles. The lowest BCUT2D eigenvalue weighted by atomic mass is 9.88. The second-order valence-electron chi connectivity index (χ2n) is 7.38. The van der Waals surface area contributed by atoms with Gasteiger partial charge in [-0.3, -0.25) is 0 Å². The van der Waals surface area contributed by atoms with E-state index in [1.54, 1.807) is 6.42 Å². The monoisotopic (exact) mass is 265 g/mol. The molecule has 0 aromatic rings. The lowest BCUT2D eigenvalue weighted by Crippen LogP contribution is -2.49. The van der Waals surface area contributed by atoms with Crippen molar-refractivity contribution in [2.45, 2.75) is 32.6 Å². The molecule has 3 nitrogen and oxygen atoms in total. The number of piperazine rings is 1. The van der Waals surface area contributed by atoms with Gasteiger partial charge >= 0.3 is 0 Å². The van der Waals surface area contributed by atoms with E-state index in [1.807, 2.05) is 0 Å². The molecule has 1 aliphatic heterocycles. The molecular formula is C16H31N3. The zero-order chi connectivity index (χ0) is 13.2. The Morgan fingerprint density at radius 1 is 1.05 bits per heavy atom. The number of nitrogens with zero attached hydrogens (tertiary/aromatic N) is 2. The molecule has 0 aromatic heterocycles. The fourth-order valence-electron chi connectivity index (χ4n) is 4.60. The van der Waals surface area contributed by atoms with E-state index >= 15 is 0 Å². The highest BCUT2D eigenvalue weighted by Gasteiger charge is 2.40. The first-order valence-electron chi connectivity index (χ1n) is 8.39. The maximum Gasteiger partial charge on any atom is 0.0110 e. The first-order chi connectivity index (χ1) is 9.24. The molecule has 2 aliphatic carbocycles. The van der Waals surface area contributed by atoms with Crippen LogP contribution in [0.15, 0.2) is 0 Å². The van der Waals surface area contributed by atoms with Crippen molar-refractivity contribution >= 4 is 0 Å². The molecule has 3 fully saturated rings. The van der Waals surface area contributed by atoms with Crippen molar-refractivity contribution in [1.29, 1.82) is 0 Å². The van der Waals surface area contributed by atoms with Crippen molar-refractivity contribution < 1.29 is 0 Å². The molecular weight excluding hydrogens is 234 g/mol. The summed E-state index contributed by atoms with van der Waals surface area (Å²) in [5, 5.41) is 0. The van der Waals surface area contributed by atoms with E-state index in [2.05, 4.69) is 16.7 Å². The average Bonchev–Trinajstić information content (AvgIpc) is 3.03. The maximum atomic E-state index is 5.72. The fraction of sp³-hybridized carbons (Fsp3) is 1.00. The molecule has 3 heteroatoms. The molecule has 3 rings (SSSR count). The molecule has 2 N–H and O–H groups in total. The zero-order valence-electron chi connectivity index (χ0n) is 12.6. The summed E-state index contributed by atoms with van der Waals surface area (Å²) in [6, 6.07) is 0. The molecule has 3 aliphatic rings. The summed E-state index contributed by atoms with van der Waals surface area (Å²) in [7, 11) is 0. The summed E-state index contributed by atoms with van der Waals surface area (Å²) < 4.78 is 0. The molecule has 0 radical (unpaired) electrons. The summed E-state index contributed by atoms with van der Waals surface area (Å²) in [5.74, 6) is 3.87. The molecule has 4 unspecified atom stereocenters. The van der Waals surface area contributed by atoms with Crippen molar-refractivity contribution in [1.82, 2.24) is 9.80 Å². The van der Waals surface area contributed by atoms with Gasteiger partial charge in [0.1, 0.15) is 0 Å². The van der Waals surface area contributed by atoms with Crippen LogP contribution in [0.2, 0.25) is 0 Å². The van der Waals surface area contributed by atoms with Crippen LogP contribution in [-0.4, -0.2) is 55.6 Å². The normalized spacial score (nSPS) is 37.9. The highest BCUT2D eigenvalue weighted by molar-refractivity contribution is 4.91. The molecule has 0 aromatic carbocycles. The minimum atomic E-state index is 0.650. The van der Waals surface area contributed by atoms with Gasteiger partial charge in [-0.05, 0) is 49.5 Å². The Kier molecular flexibility index (Phi) is 4.45. The maximum absolute atomic E-state index is 5.72. The minimum absolute atomic E-state index is 0.650. The molecule has 1 heterocycles. The molecule has 1 saturated heterocycles. The van der Waals surface area contributed by atoms with E-state index in [0.29, 0.717) is 5.92 Å². The lowest BCUT2D eigenvalue weighted by molar-refractivity contribution is 0.0977. The van der Waals surface area contributed by atoms with Crippen LogP contribution in [0.1, 0.15) is 32.6 Å². The van der Waals surface area contributed by atoms with Crippen LogP contribution in [0, 0.1) is 23.7 Å². The lowest BCUT2D eigenvalue weighted by Gasteiger charge is -2.38. The summed E-state index contributed by atoms with van der Waals surface area (Å²) in [6.07, 6.45) is 6.16. The van der Waals surface area contributed by atoms with Crippen LogP contribution < -0.4 is 5.73 Å². The molecule has 0 amide bonds. The number of fused-ring (bicyclic) bond motifs is 2. The third-order valence-corrected chi connectivity index (χ3v) is 5.81. The highest BCUT2D eigenvalue weighted by atomic mass is 15.3. The first kappa shape index (κ1) is 13.8. The van der Waals surface area contributed by atoms with Crippen molar-refractivity contribution in [3.05, 3.63) is 0 Å². The second kappa shape index (κ2) is 6.11. The quantitative estimate of drug-likeness (QED) is 0.820. The predicted molar refractivity (Wildman–Crippen MR) is 80.0 cm³/mol. The Morgan fingerprint density at radius 2 is 1.79 bits per heavy atom. The van der Waals surface area contributed by atoms with Crippen molar-refractivity contribution in [2.75, 3.05) is 45.8 Å². The number of rotatable bonds is 5. The predicted octanol–water partition coefficient (Wildman–Crippen LogP) is 1.64. The Bertz CT molecular complexity index is 286. The molecule has 0 spiro atoms. The number of nitrogens with two attached hydrogens (primary N) is 1. The Balaban J connectivity index is 1.38. The zero-order valence-corrected chi connectivity index (χ0v) is 12.6.